The molecule has 0 saturated heterocycles. The first kappa shape index (κ1) is 7.56. The Bertz CT molecular complexity index is 146. The highest BCUT2D eigenvalue weighted by Crippen LogP contribution is 2.51. The van der Waals surface area contributed by atoms with Gasteiger partial charge in [0.25, 0.3) is 0 Å². The molecule has 64 valence electrons. The summed E-state index contributed by atoms with van der Waals surface area (Å²) in [5.41, 5.74) is 6.35. The van der Waals surface area contributed by atoms with Crippen LogP contribution in [0.4, 0.5) is 0 Å². The molecule has 2 heteroatoms. The summed E-state index contributed by atoms with van der Waals surface area (Å²) in [5.74, 6) is 0. The van der Waals surface area contributed by atoms with Gasteiger partial charge in [-0.2, -0.15) is 0 Å². The van der Waals surface area contributed by atoms with Gasteiger partial charge < -0.3 is 10.8 Å². The Balaban J connectivity index is 1.93. The zero-order chi connectivity index (χ0) is 7.90. The fraction of sp³-hybridized carbons (Fsp3) is 1.00. The number of hydrogen-bond donors (Lipinski definition) is 2. The molecular weight excluding hydrogens is 138 g/mol. The van der Waals surface area contributed by atoms with Gasteiger partial charge in [-0.3, -0.25) is 0 Å². The van der Waals surface area contributed by atoms with E-state index in [4.69, 9.17) is 5.73 Å². The van der Waals surface area contributed by atoms with E-state index >= 15 is 0 Å². The van der Waals surface area contributed by atoms with E-state index in [1.165, 1.54) is 19.3 Å². The van der Waals surface area contributed by atoms with Crippen LogP contribution in [0.3, 0.4) is 0 Å². The highest BCUT2D eigenvalue weighted by molar-refractivity contribution is 4.98. The number of hydrogen-bond acceptors (Lipinski definition) is 2. The zero-order valence-corrected chi connectivity index (χ0v) is 6.92. The van der Waals surface area contributed by atoms with E-state index in [1.807, 2.05) is 0 Å². The molecule has 2 fully saturated rings. The van der Waals surface area contributed by atoms with Crippen molar-refractivity contribution in [1.29, 1.82) is 0 Å². The Labute approximate surface area is 67.8 Å². The summed E-state index contributed by atoms with van der Waals surface area (Å²) in [6, 6.07) is 0.413. The smallest absolute Gasteiger partial charge is 0.0550 e. The Morgan fingerprint density at radius 1 is 1.27 bits per heavy atom. The van der Waals surface area contributed by atoms with Crippen LogP contribution in [-0.4, -0.2) is 17.3 Å². The van der Waals surface area contributed by atoms with E-state index in [0.717, 1.165) is 19.3 Å². The van der Waals surface area contributed by atoms with Crippen LogP contribution < -0.4 is 5.73 Å². The van der Waals surface area contributed by atoms with Gasteiger partial charge in [0.1, 0.15) is 0 Å². The molecule has 1 spiro atoms. The van der Waals surface area contributed by atoms with E-state index < -0.39 is 0 Å². The summed E-state index contributed by atoms with van der Waals surface area (Å²) >= 11 is 0. The topological polar surface area (TPSA) is 46.2 Å². The molecule has 0 aliphatic heterocycles. The lowest BCUT2D eigenvalue weighted by Gasteiger charge is -2.49. The highest BCUT2D eigenvalue weighted by Gasteiger charge is 2.45. The van der Waals surface area contributed by atoms with E-state index in [-0.39, 0.29) is 6.10 Å². The van der Waals surface area contributed by atoms with Crippen molar-refractivity contribution in [3.63, 3.8) is 0 Å². The maximum atomic E-state index is 9.21. The van der Waals surface area contributed by atoms with Gasteiger partial charge in [0.05, 0.1) is 6.10 Å². The normalized spacial score (nSPS) is 50.7. The number of aliphatic hydroxyl groups is 1. The average molecular weight is 155 g/mol. The lowest BCUT2D eigenvalue weighted by Crippen LogP contribution is -2.47. The SMILES string of the molecule is NC1CCCC2(C1)CC(O)C2. The Morgan fingerprint density at radius 2 is 2.00 bits per heavy atom. The second-order valence-corrected chi connectivity index (χ2v) is 4.42. The second kappa shape index (κ2) is 2.46. The van der Waals surface area contributed by atoms with Crippen molar-refractivity contribution in [3.05, 3.63) is 0 Å². The van der Waals surface area contributed by atoms with E-state index in [9.17, 15) is 5.11 Å². The highest BCUT2D eigenvalue weighted by atomic mass is 16.3. The molecule has 0 aromatic carbocycles. The van der Waals surface area contributed by atoms with Gasteiger partial charge >= 0.3 is 0 Å². The molecule has 1 atom stereocenters. The monoisotopic (exact) mass is 155 g/mol. The molecule has 0 bridgehead atoms. The molecule has 11 heavy (non-hydrogen) atoms. The summed E-state index contributed by atoms with van der Waals surface area (Å²) in [7, 11) is 0. The minimum atomic E-state index is -0.0136. The fourth-order valence-electron chi connectivity index (χ4n) is 2.81. The number of aliphatic hydroxyl groups excluding tert-OH is 1. The van der Waals surface area contributed by atoms with Crippen LogP contribution in [0.15, 0.2) is 0 Å². The van der Waals surface area contributed by atoms with Gasteiger partial charge in [0.2, 0.25) is 0 Å². The van der Waals surface area contributed by atoms with Gasteiger partial charge in [0.15, 0.2) is 0 Å². The Morgan fingerprint density at radius 3 is 2.55 bits per heavy atom. The Kier molecular flexibility index (Phi) is 1.69. The summed E-state index contributed by atoms with van der Waals surface area (Å²) in [5, 5.41) is 9.21. The van der Waals surface area contributed by atoms with Crippen LogP contribution >= 0.6 is 0 Å². The third-order valence-corrected chi connectivity index (χ3v) is 3.31. The lowest BCUT2D eigenvalue weighted by atomic mass is 9.58. The molecule has 0 aromatic heterocycles. The van der Waals surface area contributed by atoms with E-state index in [2.05, 4.69) is 0 Å². The van der Waals surface area contributed by atoms with Crippen LogP contribution in [-0.2, 0) is 0 Å². The minimum Gasteiger partial charge on any atom is -0.393 e. The first-order valence-corrected chi connectivity index (χ1v) is 4.64. The molecule has 0 amide bonds. The number of rotatable bonds is 0. The van der Waals surface area contributed by atoms with Crippen molar-refractivity contribution in [1.82, 2.24) is 0 Å². The van der Waals surface area contributed by atoms with E-state index in [1.54, 1.807) is 0 Å². The van der Waals surface area contributed by atoms with Gasteiger partial charge in [0, 0.05) is 6.04 Å². The van der Waals surface area contributed by atoms with Gasteiger partial charge in [-0.25, -0.2) is 0 Å². The molecule has 2 nitrogen and oxygen atoms in total. The first-order valence-electron chi connectivity index (χ1n) is 4.64. The summed E-state index contributed by atoms with van der Waals surface area (Å²) in [6.45, 7) is 0. The molecule has 1 unspecified atom stereocenters. The maximum Gasteiger partial charge on any atom is 0.0550 e. The summed E-state index contributed by atoms with van der Waals surface area (Å²) < 4.78 is 0. The lowest BCUT2D eigenvalue weighted by molar-refractivity contribution is -0.0577. The van der Waals surface area contributed by atoms with Crippen LogP contribution in [0.25, 0.3) is 0 Å². The van der Waals surface area contributed by atoms with Crippen molar-refractivity contribution in [2.24, 2.45) is 11.1 Å². The molecule has 2 aliphatic carbocycles. The molecule has 2 saturated carbocycles. The largest absolute Gasteiger partial charge is 0.393 e. The van der Waals surface area contributed by atoms with Gasteiger partial charge in [-0.15, -0.1) is 0 Å². The molecule has 2 aliphatic rings. The minimum absolute atomic E-state index is 0.0136. The molecule has 3 N–H and O–H groups in total. The van der Waals surface area contributed by atoms with E-state index in [0.29, 0.717) is 11.5 Å². The van der Waals surface area contributed by atoms with Gasteiger partial charge in [-0.05, 0) is 37.5 Å². The van der Waals surface area contributed by atoms with Crippen molar-refractivity contribution in [3.8, 4) is 0 Å². The van der Waals surface area contributed by atoms with Crippen molar-refractivity contribution >= 4 is 0 Å². The first-order chi connectivity index (χ1) is 5.20. The standard InChI is InChI=1S/C9H17NO/c10-7-2-1-3-9(4-7)5-8(11)6-9/h7-8,11H,1-6,10H2. The average Bonchev–Trinajstić information content (AvgIpc) is 1.84. The summed E-state index contributed by atoms with van der Waals surface area (Å²) in [4.78, 5) is 0. The molecule has 0 radical (unpaired) electrons. The predicted octanol–water partition coefficient (Wildman–Crippen LogP) is 1.03. The zero-order valence-electron chi connectivity index (χ0n) is 6.92. The second-order valence-electron chi connectivity index (χ2n) is 4.42. The van der Waals surface area contributed by atoms with Crippen LogP contribution in [0.1, 0.15) is 38.5 Å². The fourth-order valence-corrected chi connectivity index (χ4v) is 2.81. The van der Waals surface area contributed by atoms with Crippen molar-refractivity contribution < 1.29 is 5.11 Å². The predicted molar refractivity (Wildman–Crippen MR) is 44.1 cm³/mol. The Hall–Kier alpha value is -0.0800. The van der Waals surface area contributed by atoms with Crippen LogP contribution in [0.5, 0.6) is 0 Å². The summed E-state index contributed by atoms with van der Waals surface area (Å²) in [6.07, 6.45) is 6.94. The van der Waals surface area contributed by atoms with Crippen LogP contribution in [0, 0.1) is 5.41 Å². The van der Waals surface area contributed by atoms with Crippen molar-refractivity contribution in [2.45, 2.75) is 50.7 Å². The molecular formula is C9H17NO. The van der Waals surface area contributed by atoms with Crippen LogP contribution in [0.2, 0.25) is 0 Å². The number of nitrogens with two attached hydrogens (primary N) is 1. The van der Waals surface area contributed by atoms with Crippen molar-refractivity contribution in [2.75, 3.05) is 0 Å². The van der Waals surface area contributed by atoms with Gasteiger partial charge in [-0.1, -0.05) is 6.42 Å². The molecule has 2 rings (SSSR count). The molecule has 0 aromatic rings. The maximum absolute atomic E-state index is 9.21. The third kappa shape index (κ3) is 1.30. The molecule has 0 heterocycles. The third-order valence-electron chi connectivity index (χ3n) is 3.31. The quantitative estimate of drug-likeness (QED) is 0.549.